The van der Waals surface area contributed by atoms with E-state index in [-0.39, 0.29) is 30.8 Å². The zero-order valence-electron chi connectivity index (χ0n) is 11.0. The molecule has 0 saturated carbocycles. The lowest BCUT2D eigenvalue weighted by Gasteiger charge is -2.21. The highest BCUT2D eigenvalue weighted by Crippen LogP contribution is 2.28. The van der Waals surface area contributed by atoms with Crippen LogP contribution in [0.25, 0.3) is 0 Å². The maximum atomic E-state index is 12.5. The minimum absolute atomic E-state index is 0.0612. The van der Waals surface area contributed by atoms with Crippen molar-refractivity contribution in [3.63, 3.8) is 0 Å². The molecular weight excluding hydrogens is 458 g/mol. The summed E-state index contributed by atoms with van der Waals surface area (Å²) in [7, 11) is 1.39. The van der Waals surface area contributed by atoms with Gasteiger partial charge in [-0.2, -0.15) is 13.2 Å². The third-order valence-corrected chi connectivity index (χ3v) is 5.65. The van der Waals surface area contributed by atoms with Gasteiger partial charge in [0.25, 0.3) is 9.05 Å². The second-order valence-electron chi connectivity index (χ2n) is 4.77. The number of benzene rings is 1. The van der Waals surface area contributed by atoms with Gasteiger partial charge in [-0.05, 0) is 58.7 Å². The van der Waals surface area contributed by atoms with Crippen molar-refractivity contribution in [1.29, 1.82) is 0 Å². The standard InChI is InChI=1S/C12H10ClF3INO3S/c13-22(20,21)8-5-7-1-3-18(11(19)12(14,15)16)4-2-9(7)10(17)6-8/h5-6H,1-4H2. The Morgan fingerprint density at radius 2 is 1.82 bits per heavy atom. The van der Waals surface area contributed by atoms with Gasteiger partial charge in [-0.15, -0.1) is 0 Å². The second-order valence-corrected chi connectivity index (χ2v) is 8.50. The molecule has 1 aromatic carbocycles. The lowest BCUT2D eigenvalue weighted by atomic mass is 10.0. The summed E-state index contributed by atoms with van der Waals surface area (Å²) < 4.78 is 60.9. The van der Waals surface area contributed by atoms with Crippen LogP contribution in [0.4, 0.5) is 13.2 Å². The minimum atomic E-state index is -4.91. The van der Waals surface area contributed by atoms with Crippen molar-refractivity contribution in [2.45, 2.75) is 23.9 Å². The molecule has 0 unspecified atom stereocenters. The van der Waals surface area contributed by atoms with E-state index in [1.165, 1.54) is 12.1 Å². The number of amides is 1. The summed E-state index contributed by atoms with van der Waals surface area (Å²) in [6.07, 6.45) is -4.53. The van der Waals surface area contributed by atoms with E-state index in [9.17, 15) is 26.4 Å². The number of carbonyl (C=O) groups excluding carboxylic acids is 1. The average Bonchev–Trinajstić information content (AvgIpc) is 2.58. The molecule has 1 aromatic rings. The van der Waals surface area contributed by atoms with E-state index >= 15 is 0 Å². The second kappa shape index (κ2) is 6.16. The molecule has 122 valence electrons. The van der Waals surface area contributed by atoms with Gasteiger partial charge in [0.15, 0.2) is 0 Å². The number of hydrogen-bond acceptors (Lipinski definition) is 3. The van der Waals surface area contributed by atoms with Crippen LogP contribution in [0.2, 0.25) is 0 Å². The van der Waals surface area contributed by atoms with Gasteiger partial charge in [0, 0.05) is 27.3 Å². The molecule has 2 rings (SSSR count). The number of alkyl halides is 3. The van der Waals surface area contributed by atoms with Crippen molar-refractivity contribution < 1.29 is 26.4 Å². The highest BCUT2D eigenvalue weighted by molar-refractivity contribution is 14.1. The third kappa shape index (κ3) is 3.85. The van der Waals surface area contributed by atoms with Crippen LogP contribution in [0.1, 0.15) is 11.1 Å². The highest BCUT2D eigenvalue weighted by atomic mass is 127. The molecule has 0 aromatic heterocycles. The van der Waals surface area contributed by atoms with Crippen molar-refractivity contribution in [2.24, 2.45) is 0 Å². The van der Waals surface area contributed by atoms with Crippen LogP contribution in [0.15, 0.2) is 17.0 Å². The Labute approximate surface area is 143 Å². The first-order chi connectivity index (χ1) is 10.00. The summed E-state index contributed by atoms with van der Waals surface area (Å²) in [5, 5.41) is 0. The number of halogens is 5. The van der Waals surface area contributed by atoms with E-state index in [1.54, 1.807) is 0 Å². The SMILES string of the molecule is O=C(N1CCc2cc(S(=O)(=O)Cl)cc(I)c2CC1)C(F)(F)F. The van der Waals surface area contributed by atoms with Gasteiger partial charge in [0.2, 0.25) is 0 Å². The van der Waals surface area contributed by atoms with Gasteiger partial charge in [0.05, 0.1) is 4.90 Å². The van der Waals surface area contributed by atoms with Gasteiger partial charge < -0.3 is 4.90 Å². The molecule has 0 aliphatic carbocycles. The lowest BCUT2D eigenvalue weighted by Crippen LogP contribution is -2.42. The maximum Gasteiger partial charge on any atom is 0.471 e. The topological polar surface area (TPSA) is 54.5 Å². The molecule has 4 nitrogen and oxygen atoms in total. The first-order valence-corrected chi connectivity index (χ1v) is 9.51. The summed E-state index contributed by atoms with van der Waals surface area (Å²) in [6.45, 7) is -0.179. The van der Waals surface area contributed by atoms with Crippen LogP contribution in [-0.4, -0.2) is 38.5 Å². The monoisotopic (exact) mass is 467 g/mol. The summed E-state index contributed by atoms with van der Waals surface area (Å²) in [6, 6.07) is 2.74. The molecule has 0 fully saturated rings. The molecule has 10 heteroatoms. The van der Waals surface area contributed by atoms with Crippen LogP contribution in [-0.2, 0) is 26.7 Å². The van der Waals surface area contributed by atoms with E-state index in [0.29, 0.717) is 9.13 Å². The van der Waals surface area contributed by atoms with Crippen molar-refractivity contribution in [2.75, 3.05) is 13.1 Å². The smallest absolute Gasteiger partial charge is 0.334 e. The van der Waals surface area contributed by atoms with E-state index in [4.69, 9.17) is 10.7 Å². The van der Waals surface area contributed by atoms with Crippen LogP contribution >= 0.6 is 33.3 Å². The molecular formula is C12H10ClF3INO3S. The first kappa shape index (κ1) is 17.8. The van der Waals surface area contributed by atoms with E-state index in [0.717, 1.165) is 10.5 Å². The zero-order chi connectivity index (χ0) is 16.7. The highest BCUT2D eigenvalue weighted by Gasteiger charge is 2.42. The molecule has 0 saturated heterocycles. The van der Waals surface area contributed by atoms with Crippen LogP contribution < -0.4 is 0 Å². The fourth-order valence-corrected chi connectivity index (χ4v) is 4.28. The van der Waals surface area contributed by atoms with Crippen LogP contribution in [0.3, 0.4) is 0 Å². The number of hydrogen-bond donors (Lipinski definition) is 0. The molecule has 22 heavy (non-hydrogen) atoms. The normalized spacial score (nSPS) is 16.1. The van der Waals surface area contributed by atoms with Crippen LogP contribution in [0.5, 0.6) is 0 Å². The predicted molar refractivity (Wildman–Crippen MR) is 82.2 cm³/mol. The van der Waals surface area contributed by atoms with Crippen molar-refractivity contribution in [1.82, 2.24) is 4.90 Å². The molecule has 1 aliphatic rings. The fourth-order valence-electron chi connectivity index (χ4n) is 2.31. The number of fused-ring (bicyclic) bond motifs is 1. The van der Waals surface area contributed by atoms with Crippen LogP contribution in [0, 0.1) is 3.57 Å². The Hall–Kier alpha value is -0.550. The third-order valence-electron chi connectivity index (χ3n) is 3.36. The zero-order valence-corrected chi connectivity index (χ0v) is 14.7. The molecule has 0 atom stereocenters. The van der Waals surface area contributed by atoms with Crippen molar-refractivity contribution in [3.05, 3.63) is 26.8 Å². The molecule has 0 radical (unpaired) electrons. The number of nitrogens with zero attached hydrogens (tertiary/aromatic N) is 1. The molecule has 1 amide bonds. The van der Waals surface area contributed by atoms with E-state index in [2.05, 4.69) is 0 Å². The van der Waals surface area contributed by atoms with E-state index in [1.807, 2.05) is 22.6 Å². The predicted octanol–water partition coefficient (Wildman–Crippen LogP) is 2.71. The van der Waals surface area contributed by atoms with Gasteiger partial charge >= 0.3 is 12.1 Å². The average molecular weight is 468 g/mol. The molecule has 1 heterocycles. The van der Waals surface area contributed by atoms with Gasteiger partial charge in [-0.3, -0.25) is 4.79 Å². The molecule has 0 N–H and O–H groups in total. The van der Waals surface area contributed by atoms with Crippen molar-refractivity contribution >= 4 is 48.2 Å². The Kier molecular flexibility index (Phi) is 4.98. The Morgan fingerprint density at radius 3 is 2.36 bits per heavy atom. The maximum absolute atomic E-state index is 12.5. The summed E-state index contributed by atoms with van der Waals surface area (Å²) >= 11 is 1.92. The molecule has 0 bridgehead atoms. The van der Waals surface area contributed by atoms with Gasteiger partial charge in [0.1, 0.15) is 0 Å². The largest absolute Gasteiger partial charge is 0.471 e. The number of rotatable bonds is 1. The van der Waals surface area contributed by atoms with Gasteiger partial charge in [-0.25, -0.2) is 8.42 Å². The van der Waals surface area contributed by atoms with Crippen molar-refractivity contribution in [3.8, 4) is 0 Å². The summed E-state index contributed by atoms with van der Waals surface area (Å²) in [5.74, 6) is -1.87. The quantitative estimate of drug-likeness (QED) is 0.471. The minimum Gasteiger partial charge on any atom is -0.334 e. The summed E-state index contributed by atoms with van der Waals surface area (Å²) in [4.78, 5) is 12.0. The molecule has 0 spiro atoms. The molecule has 1 aliphatic heterocycles. The Balaban J connectivity index is 2.33. The van der Waals surface area contributed by atoms with E-state index < -0.39 is 21.1 Å². The Bertz CT molecular complexity index is 721. The Morgan fingerprint density at radius 1 is 1.23 bits per heavy atom. The lowest BCUT2D eigenvalue weighted by molar-refractivity contribution is -0.185. The first-order valence-electron chi connectivity index (χ1n) is 6.12. The number of carbonyl (C=O) groups is 1. The summed E-state index contributed by atoms with van der Waals surface area (Å²) in [5.41, 5.74) is 1.35. The fraction of sp³-hybridized carbons (Fsp3) is 0.417. The van der Waals surface area contributed by atoms with Gasteiger partial charge in [-0.1, -0.05) is 0 Å².